The number of benzene rings is 1. The van der Waals surface area contributed by atoms with Crippen molar-refractivity contribution >= 4 is 11.6 Å². The summed E-state index contributed by atoms with van der Waals surface area (Å²) in [7, 11) is 0. The van der Waals surface area contributed by atoms with Crippen LogP contribution >= 0.6 is 11.6 Å². The van der Waals surface area contributed by atoms with Crippen molar-refractivity contribution in [1.29, 1.82) is 0 Å². The summed E-state index contributed by atoms with van der Waals surface area (Å²) < 4.78 is 17.9. The number of hydrogen-bond acceptors (Lipinski definition) is 3. The summed E-state index contributed by atoms with van der Waals surface area (Å²) in [5.41, 5.74) is 2.00. The largest absolute Gasteiger partial charge is 0.492 e. The van der Waals surface area contributed by atoms with E-state index in [0.29, 0.717) is 25.3 Å². The molecule has 0 amide bonds. The molecular formula is C9H11ClFNO2. The summed E-state index contributed by atoms with van der Waals surface area (Å²) in [5.74, 6) is 0.0605. The van der Waals surface area contributed by atoms with Gasteiger partial charge in [0.1, 0.15) is 11.6 Å². The fourth-order valence-electron chi connectivity index (χ4n) is 0.926. The molecule has 0 bridgehead atoms. The average Bonchev–Trinajstić information content (AvgIpc) is 2.15. The van der Waals surface area contributed by atoms with Gasteiger partial charge in [-0.1, -0.05) is 11.6 Å². The second kappa shape index (κ2) is 5.80. The van der Waals surface area contributed by atoms with E-state index in [4.69, 9.17) is 21.5 Å². The molecule has 0 spiro atoms. The minimum absolute atomic E-state index is 0.252. The number of halogens is 2. The van der Waals surface area contributed by atoms with Gasteiger partial charge in [-0.3, -0.25) is 0 Å². The van der Waals surface area contributed by atoms with Crippen molar-refractivity contribution in [3.8, 4) is 5.75 Å². The summed E-state index contributed by atoms with van der Waals surface area (Å²) >= 11 is 5.71. The molecule has 0 heterocycles. The van der Waals surface area contributed by atoms with Gasteiger partial charge in [-0.15, -0.1) is 0 Å². The van der Waals surface area contributed by atoms with Crippen LogP contribution in [-0.2, 0) is 0 Å². The van der Waals surface area contributed by atoms with E-state index >= 15 is 0 Å². The van der Waals surface area contributed by atoms with Gasteiger partial charge in [0.05, 0.1) is 11.6 Å². The molecule has 0 aliphatic heterocycles. The molecule has 5 heteroatoms. The third-order valence-electron chi connectivity index (χ3n) is 1.58. The highest BCUT2D eigenvalue weighted by molar-refractivity contribution is 6.32. The molecule has 1 aromatic rings. The van der Waals surface area contributed by atoms with Crippen LogP contribution in [-0.4, -0.2) is 18.4 Å². The van der Waals surface area contributed by atoms with Gasteiger partial charge in [-0.25, -0.2) is 9.87 Å². The molecular weight excluding hydrogens is 209 g/mol. The molecule has 1 aromatic carbocycles. The number of hydrogen-bond donors (Lipinski definition) is 2. The van der Waals surface area contributed by atoms with Gasteiger partial charge in [0.2, 0.25) is 0 Å². The molecule has 2 N–H and O–H groups in total. The van der Waals surface area contributed by atoms with Crippen molar-refractivity contribution in [3.63, 3.8) is 0 Å². The summed E-state index contributed by atoms with van der Waals surface area (Å²) in [6, 6.07) is 3.96. The van der Waals surface area contributed by atoms with Crippen LogP contribution in [0.25, 0.3) is 0 Å². The molecule has 0 saturated heterocycles. The van der Waals surface area contributed by atoms with Crippen molar-refractivity contribution in [2.75, 3.05) is 13.2 Å². The molecule has 0 aliphatic carbocycles. The standard InChI is InChI=1S/C9H11ClFNO2/c10-8-6-7(11)2-3-9(8)14-5-1-4-12-13/h2-3,6,12-13H,1,4-5H2. The molecule has 0 fully saturated rings. The van der Waals surface area contributed by atoms with Crippen molar-refractivity contribution in [3.05, 3.63) is 29.0 Å². The van der Waals surface area contributed by atoms with Gasteiger partial charge < -0.3 is 9.94 Å². The van der Waals surface area contributed by atoms with E-state index in [9.17, 15) is 4.39 Å². The molecule has 0 atom stereocenters. The molecule has 0 unspecified atom stereocenters. The highest BCUT2D eigenvalue weighted by Crippen LogP contribution is 2.24. The lowest BCUT2D eigenvalue weighted by Gasteiger charge is -2.07. The SMILES string of the molecule is ONCCCOc1ccc(F)cc1Cl. The molecule has 0 aliphatic rings. The lowest BCUT2D eigenvalue weighted by Crippen LogP contribution is -2.12. The van der Waals surface area contributed by atoms with Crippen LogP contribution in [0.1, 0.15) is 6.42 Å². The Morgan fingerprint density at radius 2 is 2.29 bits per heavy atom. The number of rotatable bonds is 5. The lowest BCUT2D eigenvalue weighted by molar-refractivity contribution is 0.157. The minimum Gasteiger partial charge on any atom is -0.492 e. The first kappa shape index (κ1) is 11.2. The first-order valence-electron chi connectivity index (χ1n) is 4.19. The fraction of sp³-hybridized carbons (Fsp3) is 0.333. The monoisotopic (exact) mass is 219 g/mol. The number of hydroxylamine groups is 1. The highest BCUT2D eigenvalue weighted by atomic mass is 35.5. The molecule has 78 valence electrons. The Bertz CT molecular complexity index is 296. The average molecular weight is 220 g/mol. The molecule has 1 rings (SSSR count). The zero-order chi connectivity index (χ0) is 10.4. The Balaban J connectivity index is 2.42. The van der Waals surface area contributed by atoms with Crippen LogP contribution in [0, 0.1) is 5.82 Å². The van der Waals surface area contributed by atoms with Crippen LogP contribution in [0.15, 0.2) is 18.2 Å². The van der Waals surface area contributed by atoms with Gasteiger partial charge in [0.15, 0.2) is 0 Å². The van der Waals surface area contributed by atoms with E-state index < -0.39 is 0 Å². The van der Waals surface area contributed by atoms with Crippen LogP contribution < -0.4 is 10.2 Å². The highest BCUT2D eigenvalue weighted by Gasteiger charge is 2.02. The molecule has 0 aromatic heterocycles. The predicted molar refractivity (Wildman–Crippen MR) is 51.3 cm³/mol. The molecule has 14 heavy (non-hydrogen) atoms. The molecule has 3 nitrogen and oxygen atoms in total. The Kier molecular flexibility index (Phi) is 4.65. The van der Waals surface area contributed by atoms with E-state index in [1.807, 2.05) is 5.48 Å². The predicted octanol–water partition coefficient (Wildman–Crippen LogP) is 2.23. The Morgan fingerprint density at radius 1 is 1.50 bits per heavy atom. The Hall–Kier alpha value is -0.840. The second-order valence-electron chi connectivity index (χ2n) is 2.68. The number of ether oxygens (including phenoxy) is 1. The van der Waals surface area contributed by atoms with Crippen LogP contribution in [0.5, 0.6) is 5.75 Å². The third-order valence-corrected chi connectivity index (χ3v) is 1.88. The van der Waals surface area contributed by atoms with Crippen molar-refractivity contribution < 1.29 is 14.3 Å². The molecule has 0 saturated carbocycles. The fourth-order valence-corrected chi connectivity index (χ4v) is 1.15. The van der Waals surface area contributed by atoms with Crippen molar-refractivity contribution in [1.82, 2.24) is 5.48 Å². The topological polar surface area (TPSA) is 41.5 Å². The van der Waals surface area contributed by atoms with Crippen molar-refractivity contribution in [2.45, 2.75) is 6.42 Å². The second-order valence-corrected chi connectivity index (χ2v) is 3.09. The lowest BCUT2D eigenvalue weighted by atomic mass is 10.3. The zero-order valence-electron chi connectivity index (χ0n) is 7.46. The van der Waals surface area contributed by atoms with E-state index in [2.05, 4.69) is 0 Å². The Labute approximate surface area is 86.4 Å². The third kappa shape index (κ3) is 3.49. The minimum atomic E-state index is -0.389. The first-order valence-corrected chi connectivity index (χ1v) is 4.56. The summed E-state index contributed by atoms with van der Waals surface area (Å²) in [5, 5.41) is 8.53. The summed E-state index contributed by atoms with van der Waals surface area (Å²) in [4.78, 5) is 0. The zero-order valence-corrected chi connectivity index (χ0v) is 8.22. The smallest absolute Gasteiger partial charge is 0.138 e. The molecule has 0 radical (unpaired) electrons. The van der Waals surface area contributed by atoms with Crippen LogP contribution in [0.3, 0.4) is 0 Å². The van der Waals surface area contributed by atoms with Gasteiger partial charge in [-0.2, -0.15) is 0 Å². The quantitative estimate of drug-likeness (QED) is 0.590. The van der Waals surface area contributed by atoms with Crippen molar-refractivity contribution in [2.24, 2.45) is 0 Å². The van der Waals surface area contributed by atoms with Gasteiger partial charge in [0.25, 0.3) is 0 Å². The normalized spacial score (nSPS) is 10.2. The van der Waals surface area contributed by atoms with E-state index in [-0.39, 0.29) is 10.8 Å². The van der Waals surface area contributed by atoms with Gasteiger partial charge >= 0.3 is 0 Å². The first-order chi connectivity index (χ1) is 6.74. The number of nitrogens with one attached hydrogen (secondary N) is 1. The maximum Gasteiger partial charge on any atom is 0.138 e. The van der Waals surface area contributed by atoms with Crippen LogP contribution in [0.2, 0.25) is 5.02 Å². The van der Waals surface area contributed by atoms with Crippen LogP contribution in [0.4, 0.5) is 4.39 Å². The summed E-state index contributed by atoms with van der Waals surface area (Å²) in [6.45, 7) is 0.859. The summed E-state index contributed by atoms with van der Waals surface area (Å²) in [6.07, 6.45) is 0.643. The maximum atomic E-state index is 12.6. The van der Waals surface area contributed by atoms with E-state index in [1.165, 1.54) is 18.2 Å². The Morgan fingerprint density at radius 3 is 2.93 bits per heavy atom. The van der Waals surface area contributed by atoms with E-state index in [1.54, 1.807) is 0 Å². The maximum absolute atomic E-state index is 12.6. The van der Waals surface area contributed by atoms with Gasteiger partial charge in [0, 0.05) is 6.54 Å². The van der Waals surface area contributed by atoms with Gasteiger partial charge in [-0.05, 0) is 24.6 Å². The van der Waals surface area contributed by atoms with E-state index in [0.717, 1.165) is 0 Å².